The summed E-state index contributed by atoms with van der Waals surface area (Å²) in [6, 6.07) is 14.8. The maximum absolute atomic E-state index is 13.6. The Morgan fingerprint density at radius 2 is 1.76 bits per heavy atom. The van der Waals surface area contributed by atoms with Gasteiger partial charge in [0.2, 0.25) is 0 Å². The van der Waals surface area contributed by atoms with Gasteiger partial charge in [-0.05, 0) is 37.1 Å². The maximum atomic E-state index is 13.6. The van der Waals surface area contributed by atoms with Gasteiger partial charge in [0.25, 0.3) is 0 Å². The Hall–Kier alpha value is -1.83. The molecule has 2 aromatic rings. The highest BCUT2D eigenvalue weighted by molar-refractivity contribution is 5.29. The van der Waals surface area contributed by atoms with Crippen LogP contribution < -0.4 is 4.74 Å². The van der Waals surface area contributed by atoms with Gasteiger partial charge in [0.15, 0.2) is 11.6 Å². The summed E-state index contributed by atoms with van der Waals surface area (Å²) < 4.78 is 19.2. The standard InChI is InChI=1S/C15H15FO/c1-11-8-9-15(14(16)10-11)17-12(2)13-6-4-3-5-7-13/h3-10,12H,1-2H3. The van der Waals surface area contributed by atoms with Crippen molar-refractivity contribution in [1.29, 1.82) is 0 Å². The van der Waals surface area contributed by atoms with Crippen LogP contribution in [-0.2, 0) is 0 Å². The lowest BCUT2D eigenvalue weighted by Crippen LogP contribution is -2.04. The van der Waals surface area contributed by atoms with Crippen LogP contribution >= 0.6 is 0 Å². The van der Waals surface area contributed by atoms with E-state index in [-0.39, 0.29) is 11.9 Å². The second kappa shape index (κ2) is 5.00. The molecule has 1 nitrogen and oxygen atoms in total. The van der Waals surface area contributed by atoms with Crippen LogP contribution in [0.2, 0.25) is 0 Å². The fraction of sp³-hybridized carbons (Fsp3) is 0.200. The smallest absolute Gasteiger partial charge is 0.165 e. The summed E-state index contributed by atoms with van der Waals surface area (Å²) >= 11 is 0. The molecule has 1 atom stereocenters. The molecule has 0 aliphatic rings. The number of hydrogen-bond donors (Lipinski definition) is 0. The summed E-state index contributed by atoms with van der Waals surface area (Å²) in [5.41, 5.74) is 1.93. The van der Waals surface area contributed by atoms with Crippen molar-refractivity contribution in [2.45, 2.75) is 20.0 Å². The molecule has 0 saturated carbocycles. The fourth-order valence-electron chi connectivity index (χ4n) is 1.68. The minimum Gasteiger partial charge on any atom is -0.483 e. The number of rotatable bonds is 3. The van der Waals surface area contributed by atoms with E-state index in [9.17, 15) is 4.39 Å². The maximum Gasteiger partial charge on any atom is 0.165 e. The molecular formula is C15H15FO. The van der Waals surface area contributed by atoms with Gasteiger partial charge in [-0.25, -0.2) is 4.39 Å². The van der Waals surface area contributed by atoms with E-state index in [2.05, 4.69) is 0 Å². The molecule has 2 aromatic carbocycles. The monoisotopic (exact) mass is 230 g/mol. The van der Waals surface area contributed by atoms with Crippen LogP contribution in [0.5, 0.6) is 5.75 Å². The highest BCUT2D eigenvalue weighted by atomic mass is 19.1. The van der Waals surface area contributed by atoms with Crippen LogP contribution in [0.15, 0.2) is 48.5 Å². The summed E-state index contributed by atoms with van der Waals surface area (Å²) in [5.74, 6) is -0.0141. The zero-order valence-electron chi connectivity index (χ0n) is 9.98. The molecule has 17 heavy (non-hydrogen) atoms. The number of ether oxygens (including phenoxy) is 1. The van der Waals surface area contributed by atoms with Crippen molar-refractivity contribution in [3.8, 4) is 5.75 Å². The Labute approximate surface area is 101 Å². The highest BCUT2D eigenvalue weighted by Gasteiger charge is 2.10. The second-order valence-electron chi connectivity index (χ2n) is 4.10. The van der Waals surface area contributed by atoms with E-state index in [1.165, 1.54) is 6.07 Å². The van der Waals surface area contributed by atoms with Crippen molar-refractivity contribution >= 4 is 0 Å². The van der Waals surface area contributed by atoms with Crippen molar-refractivity contribution in [2.24, 2.45) is 0 Å². The van der Waals surface area contributed by atoms with Gasteiger partial charge in [-0.2, -0.15) is 0 Å². The molecule has 0 aromatic heterocycles. The first-order valence-electron chi connectivity index (χ1n) is 5.64. The van der Waals surface area contributed by atoms with Crippen molar-refractivity contribution in [2.75, 3.05) is 0 Å². The van der Waals surface area contributed by atoms with Crippen molar-refractivity contribution in [3.05, 3.63) is 65.5 Å². The predicted octanol–water partition coefficient (Wildman–Crippen LogP) is 4.27. The van der Waals surface area contributed by atoms with Gasteiger partial charge in [-0.1, -0.05) is 36.4 Å². The van der Waals surface area contributed by atoms with Crippen LogP contribution in [0.3, 0.4) is 0 Å². The normalized spacial score (nSPS) is 12.2. The number of aryl methyl sites for hydroxylation is 1. The van der Waals surface area contributed by atoms with E-state index in [1.807, 2.05) is 50.2 Å². The van der Waals surface area contributed by atoms with E-state index in [1.54, 1.807) is 6.07 Å². The third-order valence-electron chi connectivity index (χ3n) is 2.66. The minimum atomic E-state index is -0.312. The summed E-state index contributed by atoms with van der Waals surface area (Å²) in [5, 5.41) is 0. The third-order valence-corrected chi connectivity index (χ3v) is 2.66. The highest BCUT2D eigenvalue weighted by Crippen LogP contribution is 2.24. The first kappa shape index (κ1) is 11.6. The zero-order valence-corrected chi connectivity index (χ0v) is 9.98. The SMILES string of the molecule is Cc1ccc(OC(C)c2ccccc2)c(F)c1. The molecule has 0 amide bonds. The van der Waals surface area contributed by atoms with Crippen molar-refractivity contribution in [1.82, 2.24) is 0 Å². The Morgan fingerprint density at radius 3 is 2.41 bits per heavy atom. The Morgan fingerprint density at radius 1 is 1.06 bits per heavy atom. The summed E-state index contributed by atoms with van der Waals surface area (Å²) in [7, 11) is 0. The molecule has 0 spiro atoms. The molecule has 0 heterocycles. The molecule has 88 valence electrons. The fourth-order valence-corrected chi connectivity index (χ4v) is 1.68. The molecular weight excluding hydrogens is 215 g/mol. The first-order chi connectivity index (χ1) is 8.16. The largest absolute Gasteiger partial charge is 0.483 e. The molecule has 1 unspecified atom stereocenters. The number of benzene rings is 2. The molecule has 0 aliphatic carbocycles. The zero-order chi connectivity index (χ0) is 12.3. The summed E-state index contributed by atoms with van der Waals surface area (Å²) in [6.07, 6.45) is -0.159. The quantitative estimate of drug-likeness (QED) is 0.765. The van der Waals surface area contributed by atoms with Crippen LogP contribution in [0.4, 0.5) is 4.39 Å². The summed E-state index contributed by atoms with van der Waals surface area (Å²) in [6.45, 7) is 3.77. The van der Waals surface area contributed by atoms with E-state index in [0.29, 0.717) is 5.75 Å². The first-order valence-corrected chi connectivity index (χ1v) is 5.64. The number of halogens is 1. The van der Waals surface area contributed by atoms with Gasteiger partial charge >= 0.3 is 0 Å². The van der Waals surface area contributed by atoms with Crippen molar-refractivity contribution < 1.29 is 9.13 Å². The van der Waals surface area contributed by atoms with Gasteiger partial charge in [0.1, 0.15) is 6.10 Å². The lowest BCUT2D eigenvalue weighted by atomic mass is 10.1. The average Bonchev–Trinajstić information content (AvgIpc) is 2.34. The molecule has 0 fully saturated rings. The van der Waals surface area contributed by atoms with Crippen molar-refractivity contribution in [3.63, 3.8) is 0 Å². The van der Waals surface area contributed by atoms with Crippen LogP contribution in [0.1, 0.15) is 24.2 Å². The lowest BCUT2D eigenvalue weighted by Gasteiger charge is -2.15. The van der Waals surface area contributed by atoms with Gasteiger partial charge in [0, 0.05) is 0 Å². The molecule has 2 rings (SSSR count). The average molecular weight is 230 g/mol. The van der Waals surface area contributed by atoms with Gasteiger partial charge < -0.3 is 4.74 Å². The second-order valence-corrected chi connectivity index (χ2v) is 4.10. The molecule has 0 radical (unpaired) electrons. The Bertz CT molecular complexity index is 494. The topological polar surface area (TPSA) is 9.23 Å². The van der Waals surface area contributed by atoms with Gasteiger partial charge in [-0.3, -0.25) is 0 Å². The van der Waals surface area contributed by atoms with E-state index in [4.69, 9.17) is 4.74 Å². The van der Waals surface area contributed by atoms with E-state index in [0.717, 1.165) is 11.1 Å². The Balaban J connectivity index is 2.16. The lowest BCUT2D eigenvalue weighted by molar-refractivity contribution is 0.216. The van der Waals surface area contributed by atoms with E-state index >= 15 is 0 Å². The van der Waals surface area contributed by atoms with Crippen LogP contribution in [-0.4, -0.2) is 0 Å². The predicted molar refractivity (Wildman–Crippen MR) is 66.6 cm³/mol. The molecule has 0 bridgehead atoms. The number of hydrogen-bond acceptors (Lipinski definition) is 1. The van der Waals surface area contributed by atoms with Crippen LogP contribution in [0, 0.1) is 12.7 Å². The molecule has 0 saturated heterocycles. The van der Waals surface area contributed by atoms with Gasteiger partial charge in [0.05, 0.1) is 0 Å². The van der Waals surface area contributed by atoms with Gasteiger partial charge in [-0.15, -0.1) is 0 Å². The van der Waals surface area contributed by atoms with Crippen LogP contribution in [0.25, 0.3) is 0 Å². The van der Waals surface area contributed by atoms with E-state index < -0.39 is 0 Å². The molecule has 2 heteroatoms. The Kier molecular flexibility index (Phi) is 3.43. The molecule has 0 aliphatic heterocycles. The minimum absolute atomic E-state index is 0.159. The molecule has 0 N–H and O–H groups in total. The summed E-state index contributed by atoms with van der Waals surface area (Å²) in [4.78, 5) is 0. The third kappa shape index (κ3) is 2.84.